The molecule has 1 aromatic carbocycles. The first-order chi connectivity index (χ1) is 7.61. The van der Waals surface area contributed by atoms with Crippen LogP contribution in [0.3, 0.4) is 0 Å². The van der Waals surface area contributed by atoms with Crippen LogP contribution in [0.2, 0.25) is 0 Å². The fraction of sp³-hybridized carbons (Fsp3) is 0.182. The molecular weight excluding hydrogens is 228 g/mol. The highest BCUT2D eigenvalue weighted by atomic mass is 35.5. The molecule has 5 heteroatoms. The summed E-state index contributed by atoms with van der Waals surface area (Å²) >= 11 is 5.11. The number of hydrogen-bond acceptors (Lipinski definition) is 3. The lowest BCUT2D eigenvalue weighted by Gasteiger charge is -2.03. The second-order valence-electron chi connectivity index (χ2n) is 3.10. The van der Waals surface area contributed by atoms with Crippen LogP contribution in [0.4, 0.5) is 5.69 Å². The van der Waals surface area contributed by atoms with Crippen molar-refractivity contribution in [2.75, 3.05) is 5.32 Å². The van der Waals surface area contributed by atoms with E-state index in [9.17, 15) is 9.59 Å². The molecule has 1 rings (SSSR count). The number of amides is 1. The van der Waals surface area contributed by atoms with Crippen molar-refractivity contribution in [2.24, 2.45) is 0 Å². The highest BCUT2D eigenvalue weighted by Gasteiger charge is 2.05. The fourth-order valence-electron chi connectivity index (χ4n) is 1.10. The fourth-order valence-corrected chi connectivity index (χ4v) is 1.20. The summed E-state index contributed by atoms with van der Waals surface area (Å²) in [7, 11) is 0. The first kappa shape index (κ1) is 12.2. The Kier molecular flexibility index (Phi) is 4.49. The van der Waals surface area contributed by atoms with E-state index in [1.54, 1.807) is 24.3 Å². The van der Waals surface area contributed by atoms with Crippen molar-refractivity contribution in [3.63, 3.8) is 0 Å². The summed E-state index contributed by atoms with van der Waals surface area (Å²) in [6.45, 7) is 0. The van der Waals surface area contributed by atoms with Crippen LogP contribution in [-0.4, -0.2) is 11.1 Å². The molecular formula is C11H9ClN2O2. The summed E-state index contributed by atoms with van der Waals surface area (Å²) in [4.78, 5) is 21.8. The molecule has 0 aliphatic carbocycles. The van der Waals surface area contributed by atoms with Gasteiger partial charge < -0.3 is 5.32 Å². The summed E-state index contributed by atoms with van der Waals surface area (Å²) in [5.74, 6) is -0.302. The molecule has 0 spiro atoms. The third-order valence-corrected chi connectivity index (χ3v) is 2.01. The van der Waals surface area contributed by atoms with E-state index in [0.717, 1.165) is 0 Å². The van der Waals surface area contributed by atoms with Gasteiger partial charge in [-0.3, -0.25) is 9.59 Å². The molecule has 1 N–H and O–H groups in total. The zero-order valence-corrected chi connectivity index (χ0v) is 9.12. The Morgan fingerprint density at radius 3 is 2.75 bits per heavy atom. The van der Waals surface area contributed by atoms with Gasteiger partial charge >= 0.3 is 0 Å². The van der Waals surface area contributed by atoms with Gasteiger partial charge in [-0.2, -0.15) is 5.26 Å². The quantitative estimate of drug-likeness (QED) is 0.814. The number of halogens is 1. The van der Waals surface area contributed by atoms with Gasteiger partial charge in [0.05, 0.1) is 11.6 Å². The van der Waals surface area contributed by atoms with E-state index < -0.39 is 5.24 Å². The summed E-state index contributed by atoms with van der Waals surface area (Å²) in [6.07, 6.45) is 0.0461. The molecule has 82 valence electrons. The van der Waals surface area contributed by atoms with Gasteiger partial charge in [-0.1, -0.05) is 6.07 Å². The summed E-state index contributed by atoms with van der Waals surface area (Å²) in [6, 6.07) is 8.49. The number of nitrogens with zero attached hydrogens (tertiary/aromatic N) is 1. The molecule has 0 atom stereocenters. The molecule has 0 fully saturated rings. The van der Waals surface area contributed by atoms with E-state index in [1.807, 2.05) is 6.07 Å². The molecule has 0 radical (unpaired) electrons. The number of carbonyl (C=O) groups is 2. The lowest BCUT2D eigenvalue weighted by atomic mass is 10.2. The van der Waals surface area contributed by atoms with Gasteiger partial charge in [0.2, 0.25) is 11.1 Å². The maximum absolute atomic E-state index is 11.3. The number of anilines is 1. The third-order valence-electron chi connectivity index (χ3n) is 1.82. The Bertz CT molecular complexity index is 452. The molecule has 0 aliphatic rings. The van der Waals surface area contributed by atoms with Crippen LogP contribution < -0.4 is 5.32 Å². The second-order valence-corrected chi connectivity index (χ2v) is 3.52. The van der Waals surface area contributed by atoms with E-state index in [1.165, 1.54) is 0 Å². The van der Waals surface area contributed by atoms with Crippen LogP contribution in [0.1, 0.15) is 18.4 Å². The highest BCUT2D eigenvalue weighted by Crippen LogP contribution is 2.10. The SMILES string of the molecule is N#Cc1cccc(NC(=O)CCC(=O)Cl)c1. The maximum atomic E-state index is 11.3. The topological polar surface area (TPSA) is 70.0 Å². The Hall–Kier alpha value is -1.86. The van der Waals surface area contributed by atoms with Crippen LogP contribution >= 0.6 is 11.6 Å². The molecule has 1 aromatic rings. The van der Waals surface area contributed by atoms with E-state index in [0.29, 0.717) is 11.3 Å². The Balaban J connectivity index is 2.56. The van der Waals surface area contributed by atoms with Crippen molar-refractivity contribution >= 4 is 28.4 Å². The molecule has 0 saturated heterocycles. The van der Waals surface area contributed by atoms with E-state index in [-0.39, 0.29) is 18.7 Å². The minimum atomic E-state index is -0.541. The van der Waals surface area contributed by atoms with Crippen molar-refractivity contribution in [1.29, 1.82) is 5.26 Å². The molecule has 1 amide bonds. The molecule has 0 heterocycles. The molecule has 0 saturated carbocycles. The Morgan fingerprint density at radius 2 is 2.12 bits per heavy atom. The molecule has 0 aliphatic heterocycles. The maximum Gasteiger partial charge on any atom is 0.224 e. The first-order valence-corrected chi connectivity index (χ1v) is 4.98. The normalized spacial score (nSPS) is 9.25. The number of nitrogens with one attached hydrogen (secondary N) is 1. The number of hydrogen-bond donors (Lipinski definition) is 1. The van der Waals surface area contributed by atoms with Gasteiger partial charge in [0.15, 0.2) is 0 Å². The summed E-state index contributed by atoms with van der Waals surface area (Å²) in [5, 5.41) is 10.7. The van der Waals surface area contributed by atoms with E-state index >= 15 is 0 Å². The predicted octanol–water partition coefficient (Wildman–Crippen LogP) is 2.04. The zero-order chi connectivity index (χ0) is 12.0. The Labute approximate surface area is 97.8 Å². The average Bonchev–Trinajstić information content (AvgIpc) is 2.26. The van der Waals surface area contributed by atoms with Gasteiger partial charge in [-0.25, -0.2) is 0 Å². The molecule has 0 aromatic heterocycles. The van der Waals surface area contributed by atoms with Crippen molar-refractivity contribution in [1.82, 2.24) is 0 Å². The van der Waals surface area contributed by atoms with Crippen LogP contribution in [-0.2, 0) is 9.59 Å². The molecule has 0 unspecified atom stereocenters. The number of nitriles is 1. The number of rotatable bonds is 4. The smallest absolute Gasteiger partial charge is 0.224 e. The summed E-state index contributed by atoms with van der Waals surface area (Å²) < 4.78 is 0. The Morgan fingerprint density at radius 1 is 1.38 bits per heavy atom. The van der Waals surface area contributed by atoms with E-state index in [2.05, 4.69) is 5.32 Å². The van der Waals surface area contributed by atoms with Gasteiger partial charge in [-0.15, -0.1) is 0 Å². The number of benzene rings is 1. The minimum Gasteiger partial charge on any atom is -0.326 e. The zero-order valence-electron chi connectivity index (χ0n) is 8.37. The third kappa shape index (κ3) is 4.11. The largest absolute Gasteiger partial charge is 0.326 e. The molecule has 16 heavy (non-hydrogen) atoms. The predicted molar refractivity (Wildman–Crippen MR) is 59.9 cm³/mol. The van der Waals surface area contributed by atoms with E-state index in [4.69, 9.17) is 16.9 Å². The van der Waals surface area contributed by atoms with Crippen molar-refractivity contribution < 1.29 is 9.59 Å². The van der Waals surface area contributed by atoms with Gasteiger partial charge in [0.1, 0.15) is 0 Å². The minimum absolute atomic E-state index is 0.00529. The van der Waals surface area contributed by atoms with Gasteiger partial charge in [-0.05, 0) is 29.8 Å². The monoisotopic (exact) mass is 236 g/mol. The lowest BCUT2D eigenvalue weighted by Crippen LogP contribution is -2.12. The van der Waals surface area contributed by atoms with Crippen molar-refractivity contribution in [3.8, 4) is 6.07 Å². The van der Waals surface area contributed by atoms with Crippen LogP contribution in [0.15, 0.2) is 24.3 Å². The van der Waals surface area contributed by atoms with Gasteiger partial charge in [0, 0.05) is 18.5 Å². The van der Waals surface area contributed by atoms with Gasteiger partial charge in [0.25, 0.3) is 0 Å². The molecule has 0 bridgehead atoms. The second kappa shape index (κ2) is 5.89. The average molecular weight is 237 g/mol. The van der Waals surface area contributed by atoms with Crippen molar-refractivity contribution in [3.05, 3.63) is 29.8 Å². The summed E-state index contributed by atoms with van der Waals surface area (Å²) in [5.41, 5.74) is 0.997. The standard InChI is InChI=1S/C11H9ClN2O2/c12-10(15)4-5-11(16)14-9-3-1-2-8(6-9)7-13/h1-3,6H,4-5H2,(H,14,16). The molecule has 4 nitrogen and oxygen atoms in total. The highest BCUT2D eigenvalue weighted by molar-refractivity contribution is 6.63. The first-order valence-electron chi connectivity index (χ1n) is 4.60. The van der Waals surface area contributed by atoms with Crippen LogP contribution in [0, 0.1) is 11.3 Å². The van der Waals surface area contributed by atoms with Crippen LogP contribution in [0.5, 0.6) is 0 Å². The van der Waals surface area contributed by atoms with Crippen molar-refractivity contribution in [2.45, 2.75) is 12.8 Å². The lowest BCUT2D eigenvalue weighted by molar-refractivity contribution is -0.119. The van der Waals surface area contributed by atoms with Crippen LogP contribution in [0.25, 0.3) is 0 Å². The number of carbonyl (C=O) groups excluding carboxylic acids is 2.